The van der Waals surface area contributed by atoms with Gasteiger partial charge in [0.15, 0.2) is 11.5 Å². The Bertz CT molecular complexity index is 884. The molecule has 26 heavy (non-hydrogen) atoms. The fourth-order valence-corrected chi connectivity index (χ4v) is 2.02. The van der Waals surface area contributed by atoms with Crippen molar-refractivity contribution in [3.8, 4) is 17.2 Å². The van der Waals surface area contributed by atoms with E-state index in [1.54, 1.807) is 0 Å². The largest absolute Gasteiger partial charge is 0.504 e. The molecule has 0 aliphatic heterocycles. The van der Waals surface area contributed by atoms with E-state index >= 15 is 0 Å². The normalized spacial score (nSPS) is 11.7. The van der Waals surface area contributed by atoms with Gasteiger partial charge in [0.1, 0.15) is 5.69 Å². The standard InChI is InChI=1S/C15H12F3N3O5/c1-20(19-7-8-2-5-12(22)14(24)13(8)23)10-4-3-9(15(16,17)18)6-11(10)21(25)26/h2-7,22-24H,1H3. The maximum atomic E-state index is 12.7. The summed E-state index contributed by atoms with van der Waals surface area (Å²) in [4.78, 5) is 10.1. The molecule has 0 amide bonds. The summed E-state index contributed by atoms with van der Waals surface area (Å²) in [5, 5.41) is 44.1. The van der Waals surface area contributed by atoms with Crippen LogP contribution in [0.5, 0.6) is 17.2 Å². The number of alkyl halides is 3. The molecule has 138 valence electrons. The molecule has 0 atom stereocenters. The number of nitrogens with zero attached hydrogens (tertiary/aromatic N) is 3. The number of halogens is 3. The average Bonchev–Trinajstić information content (AvgIpc) is 2.57. The minimum atomic E-state index is -4.74. The number of hydrogen-bond acceptors (Lipinski definition) is 7. The Morgan fingerprint density at radius 1 is 1.15 bits per heavy atom. The molecule has 0 aliphatic rings. The van der Waals surface area contributed by atoms with Crippen molar-refractivity contribution in [2.45, 2.75) is 6.18 Å². The Labute approximate surface area is 144 Å². The van der Waals surface area contributed by atoms with Crippen LogP contribution in [0.2, 0.25) is 0 Å². The lowest BCUT2D eigenvalue weighted by atomic mass is 10.1. The number of rotatable bonds is 4. The van der Waals surface area contributed by atoms with E-state index in [2.05, 4.69) is 5.10 Å². The maximum absolute atomic E-state index is 12.7. The van der Waals surface area contributed by atoms with Gasteiger partial charge < -0.3 is 15.3 Å². The van der Waals surface area contributed by atoms with Gasteiger partial charge in [0.2, 0.25) is 5.75 Å². The number of phenols is 3. The third-order valence-electron chi connectivity index (χ3n) is 3.38. The van der Waals surface area contributed by atoms with Crippen LogP contribution in [0.15, 0.2) is 35.4 Å². The predicted octanol–water partition coefficient (Wildman–Crippen LogP) is 3.20. The lowest BCUT2D eigenvalue weighted by Crippen LogP contribution is -2.13. The zero-order valence-corrected chi connectivity index (χ0v) is 13.1. The van der Waals surface area contributed by atoms with Crippen LogP contribution in [0.25, 0.3) is 0 Å². The summed E-state index contributed by atoms with van der Waals surface area (Å²) in [7, 11) is 1.25. The second-order valence-electron chi connectivity index (χ2n) is 5.10. The summed E-state index contributed by atoms with van der Waals surface area (Å²) in [6.07, 6.45) is -3.73. The van der Waals surface area contributed by atoms with Crippen molar-refractivity contribution >= 4 is 17.6 Å². The summed E-state index contributed by atoms with van der Waals surface area (Å²) >= 11 is 0. The second kappa shape index (κ2) is 6.78. The topological polar surface area (TPSA) is 119 Å². The summed E-state index contributed by atoms with van der Waals surface area (Å²) < 4.78 is 38.1. The lowest BCUT2D eigenvalue weighted by molar-refractivity contribution is -0.384. The Balaban J connectivity index is 2.39. The first kappa shape index (κ1) is 18.8. The van der Waals surface area contributed by atoms with Crippen LogP contribution in [0.1, 0.15) is 11.1 Å². The number of hydrogen-bond donors (Lipinski definition) is 3. The molecule has 0 saturated heterocycles. The van der Waals surface area contributed by atoms with E-state index in [1.807, 2.05) is 0 Å². The van der Waals surface area contributed by atoms with E-state index in [9.17, 15) is 38.6 Å². The molecule has 2 rings (SSSR count). The molecule has 0 unspecified atom stereocenters. The van der Waals surface area contributed by atoms with Crippen molar-refractivity contribution in [3.63, 3.8) is 0 Å². The molecule has 0 aliphatic carbocycles. The Kier molecular flexibility index (Phi) is 4.91. The highest BCUT2D eigenvalue weighted by Crippen LogP contribution is 2.37. The zero-order valence-electron chi connectivity index (χ0n) is 13.1. The minimum Gasteiger partial charge on any atom is -0.504 e. The number of anilines is 1. The summed E-state index contributed by atoms with van der Waals surface area (Å²) in [5.41, 5.74) is -2.23. The zero-order chi connectivity index (χ0) is 19.6. The fraction of sp³-hybridized carbons (Fsp3) is 0.133. The van der Waals surface area contributed by atoms with Gasteiger partial charge in [-0.15, -0.1) is 0 Å². The van der Waals surface area contributed by atoms with Gasteiger partial charge in [-0.05, 0) is 24.3 Å². The van der Waals surface area contributed by atoms with Gasteiger partial charge in [-0.1, -0.05) is 0 Å². The van der Waals surface area contributed by atoms with Crippen molar-refractivity contribution in [2.24, 2.45) is 5.10 Å². The first-order chi connectivity index (χ1) is 12.0. The third kappa shape index (κ3) is 3.77. The monoisotopic (exact) mass is 371 g/mol. The first-order valence-electron chi connectivity index (χ1n) is 6.89. The highest BCUT2D eigenvalue weighted by molar-refractivity contribution is 5.86. The fourth-order valence-electron chi connectivity index (χ4n) is 2.02. The van der Waals surface area contributed by atoms with E-state index in [0.29, 0.717) is 12.1 Å². The van der Waals surface area contributed by atoms with Crippen molar-refractivity contribution < 1.29 is 33.4 Å². The van der Waals surface area contributed by atoms with Gasteiger partial charge in [-0.3, -0.25) is 15.1 Å². The Hall–Kier alpha value is -3.50. The smallest absolute Gasteiger partial charge is 0.416 e. The summed E-state index contributed by atoms with van der Waals surface area (Å²) in [6, 6.07) is 4.26. The molecule has 2 aromatic carbocycles. The van der Waals surface area contributed by atoms with E-state index in [4.69, 9.17) is 0 Å². The van der Waals surface area contributed by atoms with Gasteiger partial charge in [0, 0.05) is 18.7 Å². The van der Waals surface area contributed by atoms with E-state index < -0.39 is 39.6 Å². The van der Waals surface area contributed by atoms with Gasteiger partial charge >= 0.3 is 6.18 Å². The minimum absolute atomic E-state index is 0.0262. The molecule has 0 bridgehead atoms. The number of nitro groups is 1. The van der Waals surface area contributed by atoms with Gasteiger partial charge in [-0.25, -0.2) is 0 Å². The predicted molar refractivity (Wildman–Crippen MR) is 85.5 cm³/mol. The van der Waals surface area contributed by atoms with Crippen molar-refractivity contribution in [1.29, 1.82) is 0 Å². The maximum Gasteiger partial charge on any atom is 0.416 e. The molecule has 2 aromatic rings. The van der Waals surface area contributed by atoms with E-state index in [1.165, 1.54) is 13.1 Å². The molecular weight excluding hydrogens is 359 g/mol. The number of benzene rings is 2. The third-order valence-corrected chi connectivity index (χ3v) is 3.38. The molecule has 0 radical (unpaired) electrons. The van der Waals surface area contributed by atoms with E-state index in [-0.39, 0.29) is 11.3 Å². The van der Waals surface area contributed by atoms with Crippen LogP contribution in [-0.4, -0.2) is 33.5 Å². The van der Waals surface area contributed by atoms with Crippen molar-refractivity contribution in [2.75, 3.05) is 12.1 Å². The number of aromatic hydroxyl groups is 3. The van der Waals surface area contributed by atoms with Gasteiger partial charge in [0.05, 0.1) is 16.7 Å². The molecule has 0 spiro atoms. The molecule has 3 N–H and O–H groups in total. The molecule has 0 heterocycles. The highest BCUT2D eigenvalue weighted by atomic mass is 19.4. The van der Waals surface area contributed by atoms with Gasteiger partial charge in [0.25, 0.3) is 5.69 Å². The van der Waals surface area contributed by atoms with Crippen molar-refractivity contribution in [3.05, 3.63) is 51.6 Å². The Morgan fingerprint density at radius 3 is 2.38 bits per heavy atom. The van der Waals surface area contributed by atoms with Crippen LogP contribution in [0.4, 0.5) is 24.5 Å². The second-order valence-corrected chi connectivity index (χ2v) is 5.10. The molecular formula is C15H12F3N3O5. The number of phenolic OH excluding ortho intramolecular Hbond substituents is 3. The van der Waals surface area contributed by atoms with Gasteiger partial charge in [-0.2, -0.15) is 18.3 Å². The molecule has 0 saturated carbocycles. The van der Waals surface area contributed by atoms with Crippen LogP contribution in [0, 0.1) is 10.1 Å². The summed E-state index contributed by atoms with van der Waals surface area (Å²) in [5.74, 6) is -2.02. The van der Waals surface area contributed by atoms with Crippen LogP contribution < -0.4 is 5.01 Å². The average molecular weight is 371 g/mol. The lowest BCUT2D eigenvalue weighted by Gasteiger charge is -2.15. The number of nitro benzene ring substituents is 1. The van der Waals surface area contributed by atoms with Crippen LogP contribution >= 0.6 is 0 Å². The van der Waals surface area contributed by atoms with Crippen LogP contribution in [-0.2, 0) is 6.18 Å². The number of hydrazone groups is 1. The highest BCUT2D eigenvalue weighted by Gasteiger charge is 2.33. The SMILES string of the molecule is CN(N=Cc1ccc(O)c(O)c1O)c1ccc(C(F)(F)F)cc1[N+](=O)[O-]. The molecule has 8 nitrogen and oxygen atoms in total. The first-order valence-corrected chi connectivity index (χ1v) is 6.89. The summed E-state index contributed by atoms with van der Waals surface area (Å²) in [6.45, 7) is 0. The Morgan fingerprint density at radius 2 is 1.81 bits per heavy atom. The van der Waals surface area contributed by atoms with E-state index in [0.717, 1.165) is 23.4 Å². The van der Waals surface area contributed by atoms with Crippen LogP contribution in [0.3, 0.4) is 0 Å². The quantitative estimate of drug-likeness (QED) is 0.329. The van der Waals surface area contributed by atoms with Crippen molar-refractivity contribution in [1.82, 2.24) is 0 Å². The molecule has 0 fully saturated rings. The molecule has 0 aromatic heterocycles. The molecule has 11 heteroatoms.